The molecule has 108 valence electrons. The maximum Gasteiger partial charge on any atom is 0.293 e. The van der Waals surface area contributed by atoms with Gasteiger partial charge in [0.1, 0.15) is 0 Å². The second-order valence-corrected chi connectivity index (χ2v) is 5.07. The third-order valence-corrected chi connectivity index (χ3v) is 3.60. The lowest BCUT2D eigenvalue weighted by atomic mass is 9.78. The number of likely N-dealkylation sites (tertiary alicyclic amines) is 1. The molecule has 0 aromatic rings. The number of nitrogens with zero attached hydrogens (tertiary/aromatic N) is 1. The molecule has 18 heavy (non-hydrogen) atoms. The van der Waals surface area contributed by atoms with Crippen LogP contribution in [0.3, 0.4) is 0 Å². The van der Waals surface area contributed by atoms with E-state index in [9.17, 15) is 4.79 Å². The zero-order valence-corrected chi connectivity index (χ0v) is 12.7. The van der Waals surface area contributed by atoms with E-state index in [2.05, 4.69) is 24.1 Å². The van der Waals surface area contributed by atoms with Crippen LogP contribution in [0.2, 0.25) is 0 Å². The van der Waals surface area contributed by atoms with E-state index in [0.29, 0.717) is 19.1 Å². The molecule has 1 saturated heterocycles. The summed E-state index contributed by atoms with van der Waals surface area (Å²) in [5, 5.41) is 3.22. The number of ether oxygens (including phenoxy) is 1. The van der Waals surface area contributed by atoms with Crippen molar-refractivity contribution in [3.8, 4) is 0 Å². The highest BCUT2D eigenvalue weighted by molar-refractivity contribution is 5.37. The standard InChI is InChI=1S/C12H24N2O2.C2H6/c1-11(2)14-6-4-12(5-7-14,8-13-3)9-16-10-15;1-2/h10-11,13H,4-9H2,1-3H3;1-2H3. The molecule has 1 heterocycles. The average Bonchev–Trinajstić information content (AvgIpc) is 2.40. The molecule has 4 heteroatoms. The Hall–Kier alpha value is -0.610. The molecule has 0 radical (unpaired) electrons. The Balaban J connectivity index is 0.00000137. The van der Waals surface area contributed by atoms with E-state index in [1.54, 1.807) is 0 Å². The maximum absolute atomic E-state index is 10.3. The molecule has 4 nitrogen and oxygen atoms in total. The Morgan fingerprint density at radius 1 is 1.33 bits per heavy atom. The Kier molecular flexibility index (Phi) is 9.02. The van der Waals surface area contributed by atoms with Crippen LogP contribution in [-0.4, -0.2) is 50.7 Å². The van der Waals surface area contributed by atoms with Gasteiger partial charge in [-0.3, -0.25) is 4.79 Å². The molecule has 1 aliphatic heterocycles. The van der Waals surface area contributed by atoms with Crippen LogP contribution in [0.1, 0.15) is 40.5 Å². The number of hydrogen-bond acceptors (Lipinski definition) is 4. The lowest BCUT2D eigenvalue weighted by Gasteiger charge is -2.42. The minimum Gasteiger partial charge on any atom is -0.467 e. The van der Waals surface area contributed by atoms with Crippen molar-refractivity contribution in [1.29, 1.82) is 0 Å². The fourth-order valence-electron chi connectivity index (χ4n) is 2.47. The molecule has 1 fully saturated rings. The molecule has 0 aromatic carbocycles. The molecular formula is C14H30N2O2. The summed E-state index contributed by atoms with van der Waals surface area (Å²) in [5.74, 6) is 0. The van der Waals surface area contributed by atoms with Gasteiger partial charge >= 0.3 is 0 Å². The Morgan fingerprint density at radius 3 is 2.28 bits per heavy atom. The highest BCUT2D eigenvalue weighted by Crippen LogP contribution is 2.31. The van der Waals surface area contributed by atoms with Gasteiger partial charge in [-0.1, -0.05) is 13.8 Å². The predicted molar refractivity (Wildman–Crippen MR) is 75.7 cm³/mol. The van der Waals surface area contributed by atoms with E-state index in [4.69, 9.17) is 4.74 Å². The summed E-state index contributed by atoms with van der Waals surface area (Å²) in [6.45, 7) is 12.7. The van der Waals surface area contributed by atoms with Crippen molar-refractivity contribution in [2.45, 2.75) is 46.6 Å². The molecule has 1 N–H and O–H groups in total. The highest BCUT2D eigenvalue weighted by atomic mass is 16.5. The minimum absolute atomic E-state index is 0.140. The van der Waals surface area contributed by atoms with Crippen LogP contribution >= 0.6 is 0 Å². The lowest BCUT2D eigenvalue weighted by molar-refractivity contribution is -0.133. The second-order valence-electron chi connectivity index (χ2n) is 5.07. The number of hydrogen-bond donors (Lipinski definition) is 1. The first-order chi connectivity index (χ1) is 8.63. The summed E-state index contributed by atoms with van der Waals surface area (Å²) >= 11 is 0. The van der Waals surface area contributed by atoms with Crippen molar-refractivity contribution in [2.75, 3.05) is 33.3 Å². The first kappa shape index (κ1) is 17.4. The molecule has 0 aromatic heterocycles. The van der Waals surface area contributed by atoms with Gasteiger partial charge in [0.25, 0.3) is 6.47 Å². The van der Waals surface area contributed by atoms with Crippen molar-refractivity contribution >= 4 is 6.47 Å². The predicted octanol–water partition coefficient (Wildman–Crippen LogP) is 1.90. The molecule has 1 aliphatic rings. The molecule has 0 spiro atoms. The maximum atomic E-state index is 10.3. The normalized spacial score (nSPS) is 19.0. The topological polar surface area (TPSA) is 41.6 Å². The van der Waals surface area contributed by atoms with E-state index in [1.165, 1.54) is 0 Å². The van der Waals surface area contributed by atoms with Crippen molar-refractivity contribution in [3.05, 3.63) is 0 Å². The monoisotopic (exact) mass is 258 g/mol. The van der Waals surface area contributed by atoms with Gasteiger partial charge in [-0.25, -0.2) is 0 Å². The second kappa shape index (κ2) is 9.34. The van der Waals surface area contributed by atoms with Crippen LogP contribution in [0, 0.1) is 5.41 Å². The van der Waals surface area contributed by atoms with Crippen LogP contribution in [0.4, 0.5) is 0 Å². The molecule has 0 aliphatic carbocycles. The van der Waals surface area contributed by atoms with Crippen LogP contribution in [-0.2, 0) is 9.53 Å². The molecule has 0 unspecified atom stereocenters. The fraction of sp³-hybridized carbons (Fsp3) is 0.929. The van der Waals surface area contributed by atoms with Crippen LogP contribution < -0.4 is 5.32 Å². The Morgan fingerprint density at radius 2 is 1.89 bits per heavy atom. The quantitative estimate of drug-likeness (QED) is 0.739. The molecule has 0 saturated carbocycles. The molecular weight excluding hydrogens is 228 g/mol. The number of carbonyl (C=O) groups is 1. The number of carbonyl (C=O) groups excluding carboxylic acids is 1. The molecule has 1 rings (SSSR count). The summed E-state index contributed by atoms with van der Waals surface area (Å²) < 4.78 is 4.99. The summed E-state index contributed by atoms with van der Waals surface area (Å²) in [6.07, 6.45) is 2.19. The van der Waals surface area contributed by atoms with E-state index >= 15 is 0 Å². The van der Waals surface area contributed by atoms with Crippen molar-refractivity contribution < 1.29 is 9.53 Å². The summed E-state index contributed by atoms with van der Waals surface area (Å²) in [4.78, 5) is 12.8. The Bertz CT molecular complexity index is 212. The van der Waals surface area contributed by atoms with Gasteiger partial charge in [0, 0.05) is 18.0 Å². The number of rotatable bonds is 6. The van der Waals surface area contributed by atoms with Gasteiger partial charge in [0.15, 0.2) is 0 Å². The van der Waals surface area contributed by atoms with Gasteiger partial charge in [-0.2, -0.15) is 0 Å². The molecule has 0 amide bonds. The van der Waals surface area contributed by atoms with E-state index in [0.717, 1.165) is 32.5 Å². The van der Waals surface area contributed by atoms with Crippen LogP contribution in [0.5, 0.6) is 0 Å². The van der Waals surface area contributed by atoms with E-state index < -0.39 is 0 Å². The number of nitrogens with one attached hydrogen (secondary N) is 1. The van der Waals surface area contributed by atoms with Gasteiger partial charge < -0.3 is 15.0 Å². The van der Waals surface area contributed by atoms with Gasteiger partial charge in [-0.05, 0) is 46.8 Å². The van der Waals surface area contributed by atoms with Gasteiger partial charge in [-0.15, -0.1) is 0 Å². The first-order valence-electron chi connectivity index (χ1n) is 7.07. The minimum atomic E-state index is 0.140. The smallest absolute Gasteiger partial charge is 0.293 e. The third kappa shape index (κ3) is 5.36. The SMILES string of the molecule is CC.CNCC1(COC=O)CCN(C(C)C)CC1. The van der Waals surface area contributed by atoms with E-state index in [-0.39, 0.29) is 5.41 Å². The van der Waals surface area contributed by atoms with Crippen molar-refractivity contribution in [2.24, 2.45) is 5.41 Å². The van der Waals surface area contributed by atoms with Gasteiger partial charge in [0.05, 0.1) is 6.61 Å². The van der Waals surface area contributed by atoms with Crippen LogP contribution in [0.25, 0.3) is 0 Å². The largest absolute Gasteiger partial charge is 0.467 e. The summed E-state index contributed by atoms with van der Waals surface area (Å²) in [7, 11) is 1.96. The van der Waals surface area contributed by atoms with Crippen molar-refractivity contribution in [3.63, 3.8) is 0 Å². The first-order valence-corrected chi connectivity index (χ1v) is 7.07. The third-order valence-electron chi connectivity index (χ3n) is 3.60. The molecule has 0 bridgehead atoms. The number of piperidine rings is 1. The summed E-state index contributed by atoms with van der Waals surface area (Å²) in [5.41, 5.74) is 0.140. The van der Waals surface area contributed by atoms with E-state index in [1.807, 2.05) is 20.9 Å². The highest BCUT2D eigenvalue weighted by Gasteiger charge is 2.35. The molecule has 0 atom stereocenters. The zero-order chi connectivity index (χ0) is 14.0. The fourth-order valence-corrected chi connectivity index (χ4v) is 2.47. The van der Waals surface area contributed by atoms with Crippen molar-refractivity contribution in [1.82, 2.24) is 10.2 Å². The Labute approximate surface area is 112 Å². The van der Waals surface area contributed by atoms with Gasteiger partial charge in [0.2, 0.25) is 0 Å². The zero-order valence-electron chi connectivity index (χ0n) is 12.7. The lowest BCUT2D eigenvalue weighted by Crippen LogP contribution is -2.48. The summed E-state index contributed by atoms with van der Waals surface area (Å²) in [6, 6.07) is 0.611. The van der Waals surface area contributed by atoms with Crippen LogP contribution in [0.15, 0.2) is 0 Å². The average molecular weight is 258 g/mol.